The highest BCUT2D eigenvalue weighted by Crippen LogP contribution is 2.38. The zero-order chi connectivity index (χ0) is 20.1. The molecule has 29 heavy (non-hydrogen) atoms. The second kappa shape index (κ2) is 10.2. The van der Waals surface area contributed by atoms with Crippen molar-refractivity contribution >= 4 is 22.4 Å². The second-order valence-electron chi connectivity index (χ2n) is 6.53. The van der Waals surface area contributed by atoms with E-state index in [2.05, 4.69) is 4.90 Å². The summed E-state index contributed by atoms with van der Waals surface area (Å²) in [4.78, 5) is 2.56. The molecule has 0 atom stereocenters. The van der Waals surface area contributed by atoms with Crippen LogP contribution in [0.25, 0.3) is 0 Å². The van der Waals surface area contributed by atoms with Crippen molar-refractivity contribution in [2.24, 2.45) is 0 Å². The van der Waals surface area contributed by atoms with Crippen molar-refractivity contribution in [2.75, 3.05) is 47.5 Å². The van der Waals surface area contributed by atoms with Crippen LogP contribution in [-0.4, -0.2) is 65.1 Å². The highest BCUT2D eigenvalue weighted by molar-refractivity contribution is 7.89. The maximum atomic E-state index is 12.8. The van der Waals surface area contributed by atoms with Crippen LogP contribution in [0.15, 0.2) is 47.4 Å². The first-order chi connectivity index (χ1) is 13.5. The first-order valence-electron chi connectivity index (χ1n) is 9.06. The molecule has 0 spiro atoms. The number of nitrogens with zero attached hydrogens (tertiary/aromatic N) is 2. The van der Waals surface area contributed by atoms with Crippen LogP contribution >= 0.6 is 12.4 Å². The van der Waals surface area contributed by atoms with E-state index in [-0.39, 0.29) is 12.4 Å². The lowest BCUT2D eigenvalue weighted by Crippen LogP contribution is -2.48. The summed E-state index contributed by atoms with van der Waals surface area (Å²) in [6.45, 7) is 2.91. The second-order valence-corrected chi connectivity index (χ2v) is 8.46. The monoisotopic (exact) mass is 442 g/mol. The number of halogens is 1. The number of rotatable bonds is 7. The van der Waals surface area contributed by atoms with Gasteiger partial charge in [-0.3, -0.25) is 4.90 Å². The van der Waals surface area contributed by atoms with E-state index in [4.69, 9.17) is 14.2 Å². The number of sulfonamides is 1. The Morgan fingerprint density at radius 3 is 1.90 bits per heavy atom. The van der Waals surface area contributed by atoms with Gasteiger partial charge in [0.15, 0.2) is 11.5 Å². The molecule has 0 aromatic heterocycles. The summed E-state index contributed by atoms with van der Waals surface area (Å²) in [5, 5.41) is 0. The molecule has 2 aromatic rings. The minimum absolute atomic E-state index is 0. The minimum atomic E-state index is -3.44. The zero-order valence-electron chi connectivity index (χ0n) is 16.8. The predicted molar refractivity (Wildman–Crippen MR) is 114 cm³/mol. The SMILES string of the molecule is COc1cc(CN2CCN(S(=O)(=O)c3ccccc3)CC2)cc(OC)c1OC.Cl. The molecule has 0 radical (unpaired) electrons. The summed E-state index contributed by atoms with van der Waals surface area (Å²) in [6, 6.07) is 12.4. The fourth-order valence-corrected chi connectivity index (χ4v) is 4.80. The predicted octanol–water partition coefficient (Wildman–Crippen LogP) is 2.64. The Balaban J connectivity index is 0.00000300. The number of ether oxygens (including phenoxy) is 3. The summed E-state index contributed by atoms with van der Waals surface area (Å²) in [6.07, 6.45) is 0. The van der Waals surface area contributed by atoms with E-state index in [1.54, 1.807) is 49.9 Å². The molecule has 1 aliphatic heterocycles. The molecular formula is C20H27ClN2O5S. The zero-order valence-corrected chi connectivity index (χ0v) is 18.5. The van der Waals surface area contributed by atoms with Crippen LogP contribution in [0.2, 0.25) is 0 Å². The van der Waals surface area contributed by atoms with E-state index < -0.39 is 10.0 Å². The minimum Gasteiger partial charge on any atom is -0.493 e. The first-order valence-corrected chi connectivity index (χ1v) is 10.5. The molecular weight excluding hydrogens is 416 g/mol. The van der Waals surface area contributed by atoms with E-state index >= 15 is 0 Å². The summed E-state index contributed by atoms with van der Waals surface area (Å²) in [7, 11) is 1.32. The summed E-state index contributed by atoms with van der Waals surface area (Å²) < 4.78 is 43.2. The van der Waals surface area contributed by atoms with Crippen molar-refractivity contribution in [1.29, 1.82) is 0 Å². The lowest BCUT2D eigenvalue weighted by molar-refractivity contribution is 0.181. The van der Waals surface area contributed by atoms with Crippen LogP contribution in [0.5, 0.6) is 17.2 Å². The molecule has 7 nitrogen and oxygen atoms in total. The Morgan fingerprint density at radius 2 is 1.41 bits per heavy atom. The van der Waals surface area contributed by atoms with Gasteiger partial charge in [-0.25, -0.2) is 8.42 Å². The standard InChI is InChI=1S/C20H26N2O5S.ClH/c1-25-18-13-16(14-19(26-2)20(18)27-3)15-21-9-11-22(12-10-21)28(23,24)17-7-5-4-6-8-17;/h4-8,13-14H,9-12,15H2,1-3H3;1H. The van der Waals surface area contributed by atoms with Gasteiger partial charge in [0.25, 0.3) is 0 Å². The fourth-order valence-electron chi connectivity index (χ4n) is 3.35. The van der Waals surface area contributed by atoms with E-state index in [0.717, 1.165) is 5.56 Å². The fraction of sp³-hybridized carbons (Fsp3) is 0.400. The molecule has 9 heteroatoms. The summed E-state index contributed by atoms with van der Waals surface area (Å²) in [5.41, 5.74) is 1.02. The number of piperazine rings is 1. The smallest absolute Gasteiger partial charge is 0.243 e. The third-order valence-electron chi connectivity index (χ3n) is 4.84. The lowest BCUT2D eigenvalue weighted by atomic mass is 10.1. The number of benzene rings is 2. The molecule has 0 N–H and O–H groups in total. The Hall–Kier alpha value is -2.00. The van der Waals surface area contributed by atoms with Crippen molar-refractivity contribution < 1.29 is 22.6 Å². The molecule has 0 saturated carbocycles. The van der Waals surface area contributed by atoms with Crippen LogP contribution in [0, 0.1) is 0 Å². The molecule has 0 bridgehead atoms. The largest absolute Gasteiger partial charge is 0.493 e. The van der Waals surface area contributed by atoms with Gasteiger partial charge in [0.1, 0.15) is 0 Å². The van der Waals surface area contributed by atoms with Gasteiger partial charge in [0.05, 0.1) is 26.2 Å². The van der Waals surface area contributed by atoms with E-state index in [0.29, 0.717) is 54.9 Å². The van der Waals surface area contributed by atoms with Crippen LogP contribution in [-0.2, 0) is 16.6 Å². The van der Waals surface area contributed by atoms with Crippen LogP contribution in [0.1, 0.15) is 5.56 Å². The molecule has 1 heterocycles. The van der Waals surface area contributed by atoms with Crippen molar-refractivity contribution in [1.82, 2.24) is 9.21 Å². The first kappa shape index (κ1) is 23.3. The van der Waals surface area contributed by atoms with Gasteiger partial charge in [0.2, 0.25) is 15.8 Å². The van der Waals surface area contributed by atoms with Gasteiger partial charge in [-0.15, -0.1) is 12.4 Å². The molecule has 2 aromatic carbocycles. The van der Waals surface area contributed by atoms with Gasteiger partial charge in [0, 0.05) is 32.7 Å². The quantitative estimate of drug-likeness (QED) is 0.656. The molecule has 1 fully saturated rings. The molecule has 3 rings (SSSR count). The molecule has 0 unspecified atom stereocenters. The van der Waals surface area contributed by atoms with Crippen molar-refractivity contribution in [2.45, 2.75) is 11.4 Å². The molecule has 1 saturated heterocycles. The average molecular weight is 443 g/mol. The van der Waals surface area contributed by atoms with Crippen LogP contribution in [0.4, 0.5) is 0 Å². The van der Waals surface area contributed by atoms with Gasteiger partial charge in [-0.05, 0) is 29.8 Å². The summed E-state index contributed by atoms with van der Waals surface area (Å²) >= 11 is 0. The molecule has 160 valence electrons. The number of hydrogen-bond donors (Lipinski definition) is 0. The third kappa shape index (κ3) is 5.14. The highest BCUT2D eigenvalue weighted by Gasteiger charge is 2.28. The number of methoxy groups -OCH3 is 3. The number of hydrogen-bond acceptors (Lipinski definition) is 6. The molecule has 1 aliphatic rings. The Labute approximate surface area is 178 Å². The average Bonchev–Trinajstić information content (AvgIpc) is 2.74. The van der Waals surface area contributed by atoms with E-state index in [1.165, 1.54) is 0 Å². The Morgan fingerprint density at radius 1 is 0.862 bits per heavy atom. The van der Waals surface area contributed by atoms with Gasteiger partial charge < -0.3 is 14.2 Å². The maximum Gasteiger partial charge on any atom is 0.243 e. The van der Waals surface area contributed by atoms with Crippen LogP contribution in [0.3, 0.4) is 0 Å². The van der Waals surface area contributed by atoms with Crippen molar-refractivity contribution in [3.63, 3.8) is 0 Å². The lowest BCUT2D eigenvalue weighted by Gasteiger charge is -2.34. The van der Waals surface area contributed by atoms with Gasteiger partial charge in [-0.1, -0.05) is 18.2 Å². The van der Waals surface area contributed by atoms with Gasteiger partial charge >= 0.3 is 0 Å². The summed E-state index contributed by atoms with van der Waals surface area (Å²) in [5.74, 6) is 1.79. The van der Waals surface area contributed by atoms with Crippen molar-refractivity contribution in [3.8, 4) is 17.2 Å². The normalized spacial score (nSPS) is 15.4. The van der Waals surface area contributed by atoms with E-state index in [9.17, 15) is 8.42 Å². The Bertz CT molecular complexity index is 875. The van der Waals surface area contributed by atoms with Gasteiger partial charge in [-0.2, -0.15) is 4.31 Å². The maximum absolute atomic E-state index is 12.8. The molecule has 0 aliphatic carbocycles. The van der Waals surface area contributed by atoms with Crippen molar-refractivity contribution in [3.05, 3.63) is 48.0 Å². The topological polar surface area (TPSA) is 68.3 Å². The Kier molecular flexibility index (Phi) is 8.15. The third-order valence-corrected chi connectivity index (χ3v) is 6.76. The van der Waals surface area contributed by atoms with Crippen LogP contribution < -0.4 is 14.2 Å². The van der Waals surface area contributed by atoms with E-state index in [1.807, 2.05) is 18.2 Å². The molecule has 0 amide bonds. The highest BCUT2D eigenvalue weighted by atomic mass is 35.5.